The third-order valence-corrected chi connectivity index (χ3v) is 7.11. The Bertz CT molecular complexity index is 1080. The first-order chi connectivity index (χ1) is 13.3. The number of benzene rings is 2. The number of hydrogen-bond acceptors (Lipinski definition) is 4. The summed E-state index contributed by atoms with van der Waals surface area (Å²) in [7, 11) is -2.11. The third-order valence-electron chi connectivity index (χ3n) is 4.37. The van der Waals surface area contributed by atoms with Crippen molar-refractivity contribution >= 4 is 52.3 Å². The molecule has 28 heavy (non-hydrogen) atoms. The first kappa shape index (κ1) is 20.8. The van der Waals surface area contributed by atoms with Crippen molar-refractivity contribution in [3.05, 3.63) is 70.1 Å². The summed E-state index contributed by atoms with van der Waals surface area (Å²) >= 11 is 7.52. The van der Waals surface area contributed by atoms with Crippen LogP contribution in [0.1, 0.15) is 23.2 Å². The standard InChI is InChI=1S/C21H20ClO4PS/c1-26-16-7-3-5-14(11-16)6-4-8-19(23)21(27(2,24)25)18-13-28-20-10-9-15(22)12-17(18)20/h3-7,9-13,21H,8H2,1-2H3,(H,24,25)/b6-4+. The van der Waals surface area contributed by atoms with Gasteiger partial charge in [0.2, 0.25) is 7.37 Å². The minimum atomic E-state index is -3.70. The maximum atomic E-state index is 12.9. The Hall–Kier alpha value is -1.91. The van der Waals surface area contributed by atoms with Crippen LogP contribution in [0.2, 0.25) is 5.02 Å². The average Bonchev–Trinajstić information content (AvgIpc) is 3.03. The summed E-state index contributed by atoms with van der Waals surface area (Å²) in [5, 5.41) is 3.06. The molecule has 1 heterocycles. The molecule has 0 amide bonds. The number of thiophene rings is 1. The van der Waals surface area contributed by atoms with E-state index in [2.05, 4.69) is 0 Å². The van der Waals surface area contributed by atoms with Crippen LogP contribution in [0.25, 0.3) is 16.2 Å². The van der Waals surface area contributed by atoms with Gasteiger partial charge in [-0.1, -0.05) is 35.9 Å². The first-order valence-corrected chi connectivity index (χ1v) is 12.0. The molecular weight excluding hydrogens is 415 g/mol. The van der Waals surface area contributed by atoms with Crippen LogP contribution in [0.3, 0.4) is 0 Å². The summed E-state index contributed by atoms with van der Waals surface area (Å²) in [4.78, 5) is 23.2. The molecule has 0 fully saturated rings. The number of ether oxygens (including phenoxy) is 1. The number of ketones is 1. The monoisotopic (exact) mass is 434 g/mol. The van der Waals surface area contributed by atoms with E-state index < -0.39 is 13.0 Å². The van der Waals surface area contributed by atoms with Crippen LogP contribution in [0.4, 0.5) is 0 Å². The highest BCUT2D eigenvalue weighted by Crippen LogP contribution is 2.55. The molecule has 2 atom stereocenters. The number of rotatable bonds is 7. The van der Waals surface area contributed by atoms with Gasteiger partial charge in [0.1, 0.15) is 11.4 Å². The molecule has 0 saturated heterocycles. The summed E-state index contributed by atoms with van der Waals surface area (Å²) in [5.41, 5.74) is 0.380. The van der Waals surface area contributed by atoms with E-state index in [0.717, 1.165) is 21.4 Å². The molecule has 0 aliphatic rings. The van der Waals surface area contributed by atoms with Gasteiger partial charge in [0.25, 0.3) is 0 Å². The lowest BCUT2D eigenvalue weighted by molar-refractivity contribution is -0.118. The predicted octanol–water partition coefficient (Wildman–Crippen LogP) is 6.18. The van der Waals surface area contributed by atoms with Gasteiger partial charge in [-0.15, -0.1) is 11.3 Å². The van der Waals surface area contributed by atoms with Crippen LogP contribution >= 0.6 is 30.3 Å². The Balaban J connectivity index is 1.87. The zero-order valence-corrected chi connectivity index (χ0v) is 17.9. The summed E-state index contributed by atoms with van der Waals surface area (Å²) in [6.07, 6.45) is 3.57. The Morgan fingerprint density at radius 2 is 2.11 bits per heavy atom. The van der Waals surface area contributed by atoms with Crippen LogP contribution in [0, 0.1) is 0 Å². The maximum absolute atomic E-state index is 12.9. The molecule has 0 saturated carbocycles. The van der Waals surface area contributed by atoms with Gasteiger partial charge in [0.15, 0.2) is 5.78 Å². The molecule has 1 N–H and O–H groups in total. The Morgan fingerprint density at radius 3 is 2.82 bits per heavy atom. The molecule has 4 nitrogen and oxygen atoms in total. The lowest BCUT2D eigenvalue weighted by Gasteiger charge is -2.18. The van der Waals surface area contributed by atoms with Crippen molar-refractivity contribution in [1.29, 1.82) is 0 Å². The first-order valence-electron chi connectivity index (χ1n) is 8.59. The van der Waals surface area contributed by atoms with Crippen LogP contribution in [0.5, 0.6) is 5.75 Å². The van der Waals surface area contributed by atoms with Crippen molar-refractivity contribution < 1.29 is 19.0 Å². The Kier molecular flexibility index (Phi) is 6.41. The van der Waals surface area contributed by atoms with Crippen LogP contribution < -0.4 is 4.74 Å². The predicted molar refractivity (Wildman–Crippen MR) is 117 cm³/mol. The molecule has 0 bridgehead atoms. The van der Waals surface area contributed by atoms with Crippen LogP contribution in [0.15, 0.2) is 53.9 Å². The lowest BCUT2D eigenvalue weighted by Crippen LogP contribution is -2.11. The van der Waals surface area contributed by atoms with E-state index >= 15 is 0 Å². The van der Waals surface area contributed by atoms with E-state index in [0.29, 0.717) is 10.6 Å². The highest BCUT2D eigenvalue weighted by atomic mass is 35.5. The molecule has 0 radical (unpaired) electrons. The van der Waals surface area contributed by atoms with Crippen molar-refractivity contribution in [2.75, 3.05) is 13.8 Å². The summed E-state index contributed by atoms with van der Waals surface area (Å²) in [6.45, 7) is 1.23. The average molecular weight is 435 g/mol. The van der Waals surface area contributed by atoms with Gasteiger partial charge in [0, 0.05) is 22.8 Å². The van der Waals surface area contributed by atoms with Gasteiger partial charge >= 0.3 is 0 Å². The van der Waals surface area contributed by atoms with E-state index in [-0.39, 0.29) is 12.2 Å². The van der Waals surface area contributed by atoms with E-state index in [1.165, 1.54) is 18.0 Å². The van der Waals surface area contributed by atoms with Gasteiger partial charge in [-0.2, -0.15) is 0 Å². The van der Waals surface area contributed by atoms with Gasteiger partial charge < -0.3 is 9.63 Å². The highest BCUT2D eigenvalue weighted by Gasteiger charge is 2.35. The topological polar surface area (TPSA) is 63.6 Å². The number of allylic oxidation sites excluding steroid dienone is 1. The molecule has 2 aromatic carbocycles. The van der Waals surface area contributed by atoms with Gasteiger partial charge in [-0.25, -0.2) is 0 Å². The fourth-order valence-corrected chi connectivity index (χ4v) is 5.71. The van der Waals surface area contributed by atoms with Crippen LogP contribution in [-0.4, -0.2) is 24.5 Å². The number of methoxy groups -OCH3 is 1. The van der Waals surface area contributed by atoms with Gasteiger partial charge in [-0.05, 0) is 52.2 Å². The van der Waals surface area contributed by atoms with Crippen molar-refractivity contribution in [2.45, 2.75) is 12.1 Å². The quantitative estimate of drug-likeness (QED) is 0.451. The number of carbonyl (C=O) groups excluding carboxylic acids is 1. The molecule has 0 aliphatic carbocycles. The van der Waals surface area contributed by atoms with Gasteiger partial charge in [-0.3, -0.25) is 9.36 Å². The third kappa shape index (κ3) is 4.73. The van der Waals surface area contributed by atoms with Crippen molar-refractivity contribution in [3.63, 3.8) is 0 Å². The molecule has 3 aromatic rings. The molecule has 146 valence electrons. The number of Topliss-reactive ketones (excluding diaryl/α,β-unsaturated/α-hetero) is 1. The number of fused-ring (bicyclic) bond motifs is 1. The van der Waals surface area contributed by atoms with E-state index in [1.54, 1.807) is 36.8 Å². The minimum Gasteiger partial charge on any atom is -0.497 e. The normalized spacial score (nSPS) is 14.9. The van der Waals surface area contributed by atoms with Gasteiger partial charge in [0.05, 0.1) is 7.11 Å². The lowest BCUT2D eigenvalue weighted by atomic mass is 10.0. The van der Waals surface area contributed by atoms with Crippen molar-refractivity contribution in [3.8, 4) is 5.75 Å². The SMILES string of the molecule is COc1cccc(/C=C/CC(=O)C(c2csc3ccc(Cl)cc23)P(C)(=O)O)c1. The molecule has 3 rings (SSSR count). The fraction of sp³-hybridized carbons (Fsp3) is 0.190. The summed E-state index contributed by atoms with van der Waals surface area (Å²) in [5.74, 6) is 0.425. The maximum Gasteiger partial charge on any atom is 0.212 e. The number of hydrogen-bond donors (Lipinski definition) is 1. The Morgan fingerprint density at radius 1 is 1.32 bits per heavy atom. The van der Waals surface area contributed by atoms with E-state index in [9.17, 15) is 14.3 Å². The molecular formula is C21H20ClO4PS. The van der Waals surface area contributed by atoms with Crippen LogP contribution in [-0.2, 0) is 9.36 Å². The van der Waals surface area contributed by atoms with E-state index in [4.69, 9.17) is 16.3 Å². The minimum absolute atomic E-state index is 0.0537. The Labute approximate surface area is 172 Å². The second-order valence-corrected chi connectivity index (χ2v) is 10.3. The number of halogens is 1. The zero-order chi connectivity index (χ0) is 20.3. The largest absolute Gasteiger partial charge is 0.497 e. The second-order valence-electron chi connectivity index (χ2n) is 6.53. The number of carbonyl (C=O) groups is 1. The molecule has 1 aromatic heterocycles. The molecule has 0 spiro atoms. The molecule has 0 aliphatic heterocycles. The van der Waals surface area contributed by atoms with Crippen molar-refractivity contribution in [1.82, 2.24) is 0 Å². The summed E-state index contributed by atoms with van der Waals surface area (Å²) < 4.78 is 18.7. The summed E-state index contributed by atoms with van der Waals surface area (Å²) in [6, 6.07) is 12.8. The molecule has 2 unspecified atom stereocenters. The van der Waals surface area contributed by atoms with E-state index in [1.807, 2.05) is 30.3 Å². The van der Waals surface area contributed by atoms with Crippen molar-refractivity contribution in [2.24, 2.45) is 0 Å². The smallest absolute Gasteiger partial charge is 0.212 e. The molecule has 7 heteroatoms. The fourth-order valence-electron chi connectivity index (χ4n) is 3.10. The zero-order valence-electron chi connectivity index (χ0n) is 15.5. The highest BCUT2D eigenvalue weighted by molar-refractivity contribution is 7.58. The second kappa shape index (κ2) is 8.62.